The van der Waals surface area contributed by atoms with E-state index in [1.807, 2.05) is 0 Å². The summed E-state index contributed by atoms with van der Waals surface area (Å²) in [6.45, 7) is 2.15. The minimum Gasteiger partial charge on any atom is -0.494 e. The standard InChI is InChI=1S/C13H10Cl2N2O4S/c1-2-21-7-3-4-9(10(5-7)17(19)20)16-13(18)8-6-11(14)22-12(8)15/h3-6H,2H2,1H3,(H,16,18). The van der Waals surface area contributed by atoms with Gasteiger partial charge in [0, 0.05) is 0 Å². The van der Waals surface area contributed by atoms with Crippen LogP contribution in [0.2, 0.25) is 8.67 Å². The highest BCUT2D eigenvalue weighted by Gasteiger charge is 2.20. The van der Waals surface area contributed by atoms with Crippen LogP contribution in [0, 0.1) is 10.1 Å². The first kappa shape index (κ1) is 16.5. The number of halogens is 2. The van der Waals surface area contributed by atoms with E-state index >= 15 is 0 Å². The summed E-state index contributed by atoms with van der Waals surface area (Å²) < 4.78 is 5.79. The molecule has 1 aromatic carbocycles. The topological polar surface area (TPSA) is 81.5 Å². The number of carbonyl (C=O) groups excluding carboxylic acids is 1. The number of carbonyl (C=O) groups is 1. The summed E-state index contributed by atoms with van der Waals surface area (Å²) in [5.41, 5.74) is -0.0477. The maximum atomic E-state index is 12.1. The summed E-state index contributed by atoms with van der Waals surface area (Å²) >= 11 is 12.7. The third-order valence-corrected chi connectivity index (χ3v) is 4.11. The SMILES string of the molecule is CCOc1ccc(NC(=O)c2cc(Cl)sc2Cl)c([N+](=O)[O-])c1. The van der Waals surface area contributed by atoms with Crippen LogP contribution in [0.5, 0.6) is 5.75 Å². The van der Waals surface area contributed by atoms with Crippen LogP contribution in [0.1, 0.15) is 17.3 Å². The number of amides is 1. The third-order valence-electron chi connectivity index (χ3n) is 2.63. The van der Waals surface area contributed by atoms with Crippen LogP contribution in [0.4, 0.5) is 11.4 Å². The maximum absolute atomic E-state index is 12.1. The molecule has 6 nitrogen and oxygen atoms in total. The van der Waals surface area contributed by atoms with Gasteiger partial charge in [0.1, 0.15) is 15.8 Å². The average Bonchev–Trinajstić information content (AvgIpc) is 2.79. The van der Waals surface area contributed by atoms with E-state index < -0.39 is 10.8 Å². The molecule has 116 valence electrons. The van der Waals surface area contributed by atoms with E-state index in [0.29, 0.717) is 16.7 Å². The van der Waals surface area contributed by atoms with Crippen molar-refractivity contribution in [3.05, 3.63) is 48.6 Å². The molecule has 9 heteroatoms. The molecule has 0 atom stereocenters. The van der Waals surface area contributed by atoms with E-state index in [4.69, 9.17) is 27.9 Å². The van der Waals surface area contributed by atoms with Gasteiger partial charge in [-0.3, -0.25) is 14.9 Å². The van der Waals surface area contributed by atoms with Crippen LogP contribution in [-0.4, -0.2) is 17.4 Å². The van der Waals surface area contributed by atoms with Crippen molar-refractivity contribution >= 4 is 51.8 Å². The van der Waals surface area contributed by atoms with E-state index in [9.17, 15) is 14.9 Å². The zero-order valence-corrected chi connectivity index (χ0v) is 13.6. The molecule has 0 aliphatic carbocycles. The van der Waals surface area contributed by atoms with E-state index in [-0.39, 0.29) is 21.3 Å². The zero-order chi connectivity index (χ0) is 16.3. The Morgan fingerprint density at radius 1 is 1.41 bits per heavy atom. The Morgan fingerprint density at radius 3 is 2.68 bits per heavy atom. The van der Waals surface area contributed by atoms with Crippen molar-refractivity contribution in [2.24, 2.45) is 0 Å². The van der Waals surface area contributed by atoms with Crippen molar-refractivity contribution < 1.29 is 14.5 Å². The Hall–Kier alpha value is -1.83. The summed E-state index contributed by atoms with van der Waals surface area (Å²) in [5.74, 6) is -0.218. The van der Waals surface area contributed by atoms with Crippen LogP contribution >= 0.6 is 34.5 Å². The third kappa shape index (κ3) is 3.68. The van der Waals surface area contributed by atoms with Crippen molar-refractivity contribution in [2.45, 2.75) is 6.92 Å². The Kier molecular flexibility index (Phi) is 5.23. The number of ether oxygens (including phenoxy) is 1. The number of hydrogen-bond donors (Lipinski definition) is 1. The first-order valence-corrected chi connectivity index (χ1v) is 7.67. The molecule has 0 aliphatic rings. The normalized spacial score (nSPS) is 10.3. The summed E-state index contributed by atoms with van der Waals surface area (Å²) in [6, 6.07) is 5.60. The number of nitrogens with one attached hydrogen (secondary N) is 1. The molecule has 1 amide bonds. The predicted molar refractivity (Wildman–Crippen MR) is 86.6 cm³/mol. The lowest BCUT2D eigenvalue weighted by Gasteiger charge is -2.08. The number of anilines is 1. The summed E-state index contributed by atoms with van der Waals surface area (Å²) in [5, 5.41) is 13.6. The van der Waals surface area contributed by atoms with E-state index in [0.717, 1.165) is 11.3 Å². The van der Waals surface area contributed by atoms with Crippen LogP contribution in [0.25, 0.3) is 0 Å². The lowest BCUT2D eigenvalue weighted by molar-refractivity contribution is -0.384. The van der Waals surface area contributed by atoms with E-state index in [1.54, 1.807) is 6.92 Å². The molecule has 1 heterocycles. The Morgan fingerprint density at radius 2 is 2.14 bits per heavy atom. The zero-order valence-electron chi connectivity index (χ0n) is 11.3. The lowest BCUT2D eigenvalue weighted by atomic mass is 10.2. The molecule has 0 spiro atoms. The van der Waals surface area contributed by atoms with Crippen LogP contribution < -0.4 is 10.1 Å². The number of nitrogens with zero attached hydrogens (tertiary/aromatic N) is 1. The maximum Gasteiger partial charge on any atom is 0.296 e. The number of nitro groups is 1. The highest BCUT2D eigenvalue weighted by molar-refractivity contribution is 7.20. The van der Waals surface area contributed by atoms with Gasteiger partial charge in [-0.1, -0.05) is 23.2 Å². The highest BCUT2D eigenvalue weighted by Crippen LogP contribution is 2.33. The van der Waals surface area contributed by atoms with E-state index in [1.165, 1.54) is 24.3 Å². The van der Waals surface area contributed by atoms with Gasteiger partial charge in [0.15, 0.2) is 0 Å². The largest absolute Gasteiger partial charge is 0.494 e. The van der Waals surface area contributed by atoms with E-state index in [2.05, 4.69) is 5.32 Å². The molecule has 0 saturated carbocycles. The van der Waals surface area contributed by atoms with Gasteiger partial charge in [0.2, 0.25) is 0 Å². The second-order valence-electron chi connectivity index (χ2n) is 4.06. The number of hydrogen-bond acceptors (Lipinski definition) is 5. The predicted octanol–water partition coefficient (Wildman–Crippen LogP) is 4.61. The fourth-order valence-electron chi connectivity index (χ4n) is 1.71. The summed E-state index contributed by atoms with van der Waals surface area (Å²) in [7, 11) is 0. The van der Waals surface area contributed by atoms with Crippen molar-refractivity contribution in [3.8, 4) is 5.75 Å². The number of rotatable bonds is 5. The van der Waals surface area contributed by atoms with Crippen molar-refractivity contribution in [2.75, 3.05) is 11.9 Å². The van der Waals surface area contributed by atoms with Crippen molar-refractivity contribution in [1.82, 2.24) is 0 Å². The number of thiophene rings is 1. The molecule has 0 radical (unpaired) electrons. The van der Waals surface area contributed by atoms with Gasteiger partial charge in [-0.2, -0.15) is 0 Å². The Balaban J connectivity index is 2.30. The van der Waals surface area contributed by atoms with Crippen LogP contribution in [0.3, 0.4) is 0 Å². The second-order valence-corrected chi connectivity index (χ2v) is 6.35. The second kappa shape index (κ2) is 6.95. The van der Waals surface area contributed by atoms with Gasteiger partial charge in [-0.05, 0) is 25.1 Å². The summed E-state index contributed by atoms with van der Waals surface area (Å²) in [6.07, 6.45) is 0. The fourth-order valence-corrected chi connectivity index (χ4v) is 3.17. The summed E-state index contributed by atoms with van der Waals surface area (Å²) in [4.78, 5) is 22.7. The smallest absolute Gasteiger partial charge is 0.296 e. The molecule has 1 aromatic heterocycles. The monoisotopic (exact) mass is 360 g/mol. The Bertz CT molecular complexity index is 733. The van der Waals surface area contributed by atoms with Gasteiger partial charge in [0.25, 0.3) is 11.6 Å². The van der Waals surface area contributed by atoms with Gasteiger partial charge in [-0.25, -0.2) is 0 Å². The molecular formula is C13H10Cl2N2O4S. The Labute approximate surface area is 139 Å². The minimum atomic E-state index is -0.597. The molecule has 2 rings (SSSR count). The van der Waals surface area contributed by atoms with Gasteiger partial charge in [-0.15, -0.1) is 11.3 Å². The lowest BCUT2D eigenvalue weighted by Crippen LogP contribution is -2.12. The fraction of sp³-hybridized carbons (Fsp3) is 0.154. The van der Waals surface area contributed by atoms with Crippen LogP contribution in [0.15, 0.2) is 24.3 Å². The molecule has 0 aliphatic heterocycles. The van der Waals surface area contributed by atoms with Gasteiger partial charge in [0.05, 0.1) is 27.5 Å². The molecule has 0 unspecified atom stereocenters. The molecule has 0 bridgehead atoms. The number of nitro benzene ring substituents is 1. The van der Waals surface area contributed by atoms with Crippen LogP contribution in [-0.2, 0) is 0 Å². The average molecular weight is 361 g/mol. The van der Waals surface area contributed by atoms with Gasteiger partial charge < -0.3 is 10.1 Å². The van der Waals surface area contributed by atoms with Crippen molar-refractivity contribution in [3.63, 3.8) is 0 Å². The molecule has 2 aromatic rings. The molecular weight excluding hydrogens is 351 g/mol. The quantitative estimate of drug-likeness (QED) is 0.623. The molecule has 1 N–H and O–H groups in total. The minimum absolute atomic E-state index is 0.0526. The van der Waals surface area contributed by atoms with Gasteiger partial charge >= 0.3 is 0 Å². The molecule has 22 heavy (non-hydrogen) atoms. The first-order valence-electron chi connectivity index (χ1n) is 6.09. The molecule has 0 saturated heterocycles. The number of benzene rings is 1. The first-order chi connectivity index (χ1) is 10.4. The van der Waals surface area contributed by atoms with Crippen molar-refractivity contribution in [1.29, 1.82) is 0 Å². The molecule has 0 fully saturated rings. The highest BCUT2D eigenvalue weighted by atomic mass is 35.5.